The highest BCUT2D eigenvalue weighted by atomic mass is 19.1. The van der Waals surface area contributed by atoms with E-state index in [0.29, 0.717) is 6.42 Å². The van der Waals surface area contributed by atoms with E-state index in [9.17, 15) is 4.39 Å². The van der Waals surface area contributed by atoms with Crippen molar-refractivity contribution in [3.8, 4) is 0 Å². The maximum atomic E-state index is 13.3. The van der Waals surface area contributed by atoms with Gasteiger partial charge in [0.05, 0.1) is 18.1 Å². The van der Waals surface area contributed by atoms with Gasteiger partial charge >= 0.3 is 0 Å². The number of imidazole rings is 1. The van der Waals surface area contributed by atoms with Crippen LogP contribution in [0.1, 0.15) is 22.9 Å². The second kappa shape index (κ2) is 5.29. The third-order valence-corrected chi connectivity index (χ3v) is 3.15. The molecule has 5 heteroatoms. The lowest BCUT2D eigenvalue weighted by Crippen LogP contribution is -2.31. The fraction of sp³-hybridized carbons (Fsp3) is 0.308. The van der Waals surface area contributed by atoms with Crippen molar-refractivity contribution in [3.63, 3.8) is 0 Å². The van der Waals surface area contributed by atoms with Gasteiger partial charge in [0.15, 0.2) is 0 Å². The number of halogens is 1. The summed E-state index contributed by atoms with van der Waals surface area (Å²) in [6.07, 6.45) is 4.11. The second-order valence-electron chi connectivity index (χ2n) is 4.42. The highest BCUT2D eigenvalue weighted by molar-refractivity contribution is 5.28. The lowest BCUT2D eigenvalue weighted by molar-refractivity contribution is 0.518. The summed E-state index contributed by atoms with van der Waals surface area (Å²) in [5.41, 5.74) is 5.73. The Morgan fingerprint density at radius 1 is 1.50 bits per heavy atom. The zero-order valence-electron chi connectivity index (χ0n) is 10.5. The fourth-order valence-corrected chi connectivity index (χ4v) is 2.03. The first-order valence-electron chi connectivity index (χ1n) is 5.79. The Balaban J connectivity index is 2.26. The van der Waals surface area contributed by atoms with Crippen molar-refractivity contribution in [1.82, 2.24) is 15.0 Å². The topological polar surface area (TPSA) is 55.9 Å². The molecule has 3 N–H and O–H groups in total. The van der Waals surface area contributed by atoms with Gasteiger partial charge in [-0.2, -0.15) is 0 Å². The van der Waals surface area contributed by atoms with Crippen LogP contribution in [0.15, 0.2) is 30.7 Å². The SMILES string of the molecule is Cc1ccc(F)cc1CC(NN)c1cncn1C. The minimum atomic E-state index is -0.226. The molecule has 0 aliphatic rings. The van der Waals surface area contributed by atoms with E-state index < -0.39 is 0 Å². The van der Waals surface area contributed by atoms with Crippen molar-refractivity contribution in [2.75, 3.05) is 0 Å². The number of aryl methyl sites for hydroxylation is 2. The highest BCUT2D eigenvalue weighted by Crippen LogP contribution is 2.20. The molecule has 0 aliphatic heterocycles. The van der Waals surface area contributed by atoms with Gasteiger partial charge in [0, 0.05) is 13.2 Å². The summed E-state index contributed by atoms with van der Waals surface area (Å²) in [4.78, 5) is 4.07. The number of nitrogens with zero attached hydrogens (tertiary/aromatic N) is 2. The van der Waals surface area contributed by atoms with Gasteiger partial charge in [-0.05, 0) is 36.6 Å². The molecule has 0 radical (unpaired) electrons. The zero-order chi connectivity index (χ0) is 13.1. The molecule has 1 atom stereocenters. The van der Waals surface area contributed by atoms with Crippen molar-refractivity contribution in [2.24, 2.45) is 12.9 Å². The number of hydrogen-bond donors (Lipinski definition) is 2. The first-order valence-corrected chi connectivity index (χ1v) is 5.79. The number of aromatic nitrogens is 2. The van der Waals surface area contributed by atoms with Crippen molar-refractivity contribution in [1.29, 1.82) is 0 Å². The molecular formula is C13H17FN4. The van der Waals surface area contributed by atoms with Crippen LogP contribution in [0.4, 0.5) is 4.39 Å². The van der Waals surface area contributed by atoms with Crippen LogP contribution in [0.25, 0.3) is 0 Å². The largest absolute Gasteiger partial charge is 0.336 e. The molecule has 0 saturated heterocycles. The average Bonchev–Trinajstić information content (AvgIpc) is 2.77. The number of benzene rings is 1. The first-order chi connectivity index (χ1) is 8.61. The predicted octanol–water partition coefficient (Wildman–Crippen LogP) is 1.61. The number of hydrogen-bond acceptors (Lipinski definition) is 3. The molecular weight excluding hydrogens is 231 g/mol. The van der Waals surface area contributed by atoms with Crippen molar-refractivity contribution < 1.29 is 4.39 Å². The molecule has 96 valence electrons. The van der Waals surface area contributed by atoms with Crippen LogP contribution in [-0.4, -0.2) is 9.55 Å². The Labute approximate surface area is 106 Å². The smallest absolute Gasteiger partial charge is 0.123 e. The summed E-state index contributed by atoms with van der Waals surface area (Å²) >= 11 is 0. The van der Waals surface area contributed by atoms with E-state index in [0.717, 1.165) is 16.8 Å². The lowest BCUT2D eigenvalue weighted by atomic mass is 9.99. The minimum Gasteiger partial charge on any atom is -0.336 e. The van der Waals surface area contributed by atoms with E-state index in [4.69, 9.17) is 5.84 Å². The number of hydrazine groups is 1. The number of rotatable bonds is 4. The predicted molar refractivity (Wildman–Crippen MR) is 68.1 cm³/mol. The van der Waals surface area contributed by atoms with Crippen LogP contribution in [0, 0.1) is 12.7 Å². The molecule has 1 aromatic heterocycles. The van der Waals surface area contributed by atoms with Crippen LogP contribution in [0.3, 0.4) is 0 Å². The van der Waals surface area contributed by atoms with Gasteiger partial charge < -0.3 is 4.57 Å². The minimum absolute atomic E-state index is 0.0852. The fourth-order valence-electron chi connectivity index (χ4n) is 2.03. The van der Waals surface area contributed by atoms with Gasteiger partial charge in [0.25, 0.3) is 0 Å². The van der Waals surface area contributed by atoms with Gasteiger partial charge in [-0.25, -0.2) is 9.37 Å². The van der Waals surface area contributed by atoms with Crippen LogP contribution >= 0.6 is 0 Å². The van der Waals surface area contributed by atoms with E-state index in [1.807, 2.05) is 18.5 Å². The molecule has 18 heavy (non-hydrogen) atoms. The van der Waals surface area contributed by atoms with Gasteiger partial charge in [0.1, 0.15) is 5.82 Å². The van der Waals surface area contributed by atoms with Gasteiger partial charge in [0.2, 0.25) is 0 Å². The summed E-state index contributed by atoms with van der Waals surface area (Å²) < 4.78 is 15.2. The summed E-state index contributed by atoms with van der Waals surface area (Å²) in [5, 5.41) is 0. The molecule has 4 nitrogen and oxygen atoms in total. The average molecular weight is 248 g/mol. The van der Waals surface area contributed by atoms with Gasteiger partial charge in [-0.3, -0.25) is 11.3 Å². The van der Waals surface area contributed by atoms with Crippen LogP contribution in [0.5, 0.6) is 0 Å². The summed E-state index contributed by atoms with van der Waals surface area (Å²) in [5.74, 6) is 5.36. The highest BCUT2D eigenvalue weighted by Gasteiger charge is 2.15. The quantitative estimate of drug-likeness (QED) is 0.638. The van der Waals surface area contributed by atoms with Crippen molar-refractivity contribution in [2.45, 2.75) is 19.4 Å². The standard InChI is InChI=1S/C13H17FN4/c1-9-3-4-11(14)5-10(9)6-12(17-15)13-7-16-8-18(13)2/h3-5,7-8,12,17H,6,15H2,1-2H3. The maximum absolute atomic E-state index is 13.3. The molecule has 2 aromatic rings. The normalized spacial score (nSPS) is 12.7. The molecule has 0 amide bonds. The van der Waals surface area contributed by atoms with Gasteiger partial charge in [-0.1, -0.05) is 6.07 Å². The van der Waals surface area contributed by atoms with E-state index in [-0.39, 0.29) is 11.9 Å². The Morgan fingerprint density at radius 3 is 2.89 bits per heavy atom. The van der Waals surface area contributed by atoms with E-state index in [1.54, 1.807) is 24.7 Å². The zero-order valence-corrected chi connectivity index (χ0v) is 10.5. The third kappa shape index (κ3) is 2.57. The van der Waals surface area contributed by atoms with E-state index in [2.05, 4.69) is 10.4 Å². The van der Waals surface area contributed by atoms with Crippen LogP contribution in [-0.2, 0) is 13.5 Å². The molecule has 0 saturated carbocycles. The lowest BCUT2D eigenvalue weighted by Gasteiger charge is -2.17. The Kier molecular flexibility index (Phi) is 3.74. The summed E-state index contributed by atoms with van der Waals surface area (Å²) in [6.45, 7) is 1.96. The molecule has 1 unspecified atom stereocenters. The van der Waals surface area contributed by atoms with E-state index >= 15 is 0 Å². The number of nitrogens with one attached hydrogen (secondary N) is 1. The number of nitrogens with two attached hydrogens (primary N) is 1. The van der Waals surface area contributed by atoms with Crippen LogP contribution < -0.4 is 11.3 Å². The first kappa shape index (κ1) is 12.7. The molecule has 0 bridgehead atoms. The Bertz CT molecular complexity index is 536. The Morgan fingerprint density at radius 2 is 2.28 bits per heavy atom. The molecule has 0 fully saturated rings. The summed E-state index contributed by atoms with van der Waals surface area (Å²) in [6, 6.07) is 4.71. The molecule has 1 aromatic carbocycles. The summed E-state index contributed by atoms with van der Waals surface area (Å²) in [7, 11) is 1.91. The van der Waals surface area contributed by atoms with E-state index in [1.165, 1.54) is 6.07 Å². The van der Waals surface area contributed by atoms with Crippen molar-refractivity contribution in [3.05, 3.63) is 53.4 Å². The van der Waals surface area contributed by atoms with Gasteiger partial charge in [-0.15, -0.1) is 0 Å². The Hall–Kier alpha value is -1.72. The molecule has 2 rings (SSSR count). The third-order valence-electron chi connectivity index (χ3n) is 3.15. The second-order valence-corrected chi connectivity index (χ2v) is 4.42. The van der Waals surface area contributed by atoms with Crippen LogP contribution in [0.2, 0.25) is 0 Å². The monoisotopic (exact) mass is 248 g/mol. The molecule has 0 spiro atoms. The molecule has 0 aliphatic carbocycles. The molecule has 1 heterocycles. The van der Waals surface area contributed by atoms with Crippen molar-refractivity contribution >= 4 is 0 Å². The maximum Gasteiger partial charge on any atom is 0.123 e.